The summed E-state index contributed by atoms with van der Waals surface area (Å²) in [5.41, 5.74) is 9.02. The number of methoxy groups -OCH3 is 1. The zero-order chi connectivity index (χ0) is 48.0. The molecule has 0 aliphatic carbocycles. The first-order valence-electron chi connectivity index (χ1n) is 24.0. The number of nitrogens with one attached hydrogen (secondary N) is 4. The van der Waals surface area contributed by atoms with Crippen molar-refractivity contribution >= 4 is 68.9 Å². The number of aromatic nitrogens is 6. The van der Waals surface area contributed by atoms with Gasteiger partial charge in [-0.1, -0.05) is 45.0 Å². The summed E-state index contributed by atoms with van der Waals surface area (Å²) in [5, 5.41) is 14.0. The first kappa shape index (κ1) is 48.1. The summed E-state index contributed by atoms with van der Waals surface area (Å²) >= 11 is 1.48. The fraction of sp³-hybridized carbons (Fsp3) is 0.531. The second-order valence-corrected chi connectivity index (χ2v) is 20.0. The fourth-order valence-electron chi connectivity index (χ4n) is 9.72. The molecule has 6 heterocycles. The molecule has 6 N–H and O–H groups in total. The molecule has 362 valence electrons. The Labute approximate surface area is 401 Å². The standard InChI is InChI=1S/C49H65N13O5S/c1-6-49(3,4)41(63)44(66)61-25-10-9-13-39(61)42(64)56-37(21-16-31-14-19-35(67-5)20-15-31)43(65)62-33-17-18-34(62)28-32(27-33)55-48-58-46(51-23-22-40-30(2)54-45(50)68-40)57-47(59-48)52-24-26-60-29-53-36-11-7-8-12-38(36)60/h7-8,11-12,14-15,19-20,29,32-34,37,39H,6,9-10,13,16-18,21-28H2,1-5H3,(H2,50,54)(H,56,64)(H3,51,52,55,57,58,59)/t32?,33-,34+,37-,39+/m1/s1. The van der Waals surface area contributed by atoms with Crippen LogP contribution in [0.2, 0.25) is 0 Å². The number of para-hydroxylation sites is 2. The Kier molecular flexibility index (Phi) is 15.1. The average Bonchev–Trinajstić information content (AvgIpc) is 3.99. The minimum Gasteiger partial charge on any atom is -0.497 e. The van der Waals surface area contributed by atoms with Crippen LogP contribution in [0.1, 0.15) is 94.7 Å². The van der Waals surface area contributed by atoms with Gasteiger partial charge < -0.3 is 46.1 Å². The number of ether oxygens (including phenoxy) is 1. The van der Waals surface area contributed by atoms with Gasteiger partial charge in [-0.2, -0.15) is 15.0 Å². The zero-order valence-corrected chi connectivity index (χ0v) is 40.6. The molecule has 1 unspecified atom stereocenters. The highest BCUT2D eigenvalue weighted by Crippen LogP contribution is 2.38. The highest BCUT2D eigenvalue weighted by Gasteiger charge is 2.46. The number of amides is 3. The molecule has 2 bridgehead atoms. The highest BCUT2D eigenvalue weighted by molar-refractivity contribution is 7.15. The van der Waals surface area contributed by atoms with Gasteiger partial charge >= 0.3 is 0 Å². The molecule has 5 aromatic rings. The summed E-state index contributed by atoms with van der Waals surface area (Å²) in [7, 11) is 1.62. The SMILES string of the molecule is CCC(C)(C)C(=O)C(=O)N1CCCC[C@H]1C(=O)N[C@H](CCc1ccc(OC)cc1)C(=O)N1[C@@H]2CC[C@H]1CC(Nc1nc(NCCc3sc(N)nc3C)nc(NCCn3cnc4ccccc43)n1)C2. The molecule has 3 fully saturated rings. The number of piperidine rings is 2. The molecule has 8 rings (SSSR count). The van der Waals surface area contributed by atoms with Crippen molar-refractivity contribution in [1.82, 2.24) is 44.6 Å². The van der Waals surface area contributed by atoms with E-state index in [4.69, 9.17) is 25.4 Å². The first-order valence-corrected chi connectivity index (χ1v) is 24.8. The number of nitrogens with zero attached hydrogens (tertiary/aromatic N) is 8. The molecule has 18 nitrogen and oxygen atoms in total. The predicted octanol–water partition coefficient (Wildman–Crippen LogP) is 5.78. The number of fused-ring (bicyclic) bond motifs is 3. The lowest BCUT2D eigenvalue weighted by molar-refractivity contribution is -0.154. The molecule has 0 saturated carbocycles. The summed E-state index contributed by atoms with van der Waals surface area (Å²) in [4.78, 5) is 84.0. The number of aryl methyl sites for hydroxylation is 2. The summed E-state index contributed by atoms with van der Waals surface area (Å²) in [6.45, 7) is 9.44. The molecular weight excluding hydrogens is 883 g/mol. The van der Waals surface area contributed by atoms with Gasteiger partial charge in [-0.25, -0.2) is 9.97 Å². The monoisotopic (exact) mass is 947 g/mol. The molecule has 68 heavy (non-hydrogen) atoms. The van der Waals surface area contributed by atoms with Gasteiger partial charge in [0.25, 0.3) is 5.91 Å². The number of ketones is 1. The molecule has 19 heteroatoms. The number of carbonyl (C=O) groups is 4. The topological polar surface area (TPSA) is 228 Å². The van der Waals surface area contributed by atoms with Crippen LogP contribution in [0.15, 0.2) is 54.9 Å². The number of likely N-dealkylation sites (tertiary alicyclic amines) is 1. The lowest BCUT2D eigenvalue weighted by Crippen LogP contribution is -2.60. The zero-order valence-electron chi connectivity index (χ0n) is 39.8. The number of nitrogen functional groups attached to an aromatic ring is 1. The van der Waals surface area contributed by atoms with Gasteiger partial charge in [0.1, 0.15) is 17.8 Å². The minimum absolute atomic E-state index is 0.0289. The lowest BCUT2D eigenvalue weighted by atomic mass is 9.84. The van der Waals surface area contributed by atoms with E-state index in [1.54, 1.807) is 21.0 Å². The van der Waals surface area contributed by atoms with Crippen LogP contribution in [0.4, 0.5) is 23.0 Å². The maximum Gasteiger partial charge on any atom is 0.291 e. The second kappa shape index (κ2) is 21.3. The molecule has 3 aliphatic heterocycles. The van der Waals surface area contributed by atoms with E-state index in [1.807, 2.05) is 73.6 Å². The highest BCUT2D eigenvalue weighted by atomic mass is 32.1. The summed E-state index contributed by atoms with van der Waals surface area (Å²) in [6.07, 6.45) is 8.79. The number of rotatable bonds is 20. The van der Waals surface area contributed by atoms with E-state index in [9.17, 15) is 19.2 Å². The molecule has 5 atom stereocenters. The maximum atomic E-state index is 14.9. The van der Waals surface area contributed by atoms with E-state index in [1.165, 1.54) is 16.2 Å². The molecular formula is C49H65N13O5S. The van der Waals surface area contributed by atoms with Crippen molar-refractivity contribution in [2.75, 3.05) is 48.4 Å². The molecule has 2 aromatic carbocycles. The third kappa shape index (κ3) is 11.1. The van der Waals surface area contributed by atoms with Crippen LogP contribution < -0.4 is 31.7 Å². The normalized spacial score (nSPS) is 19.7. The molecule has 0 spiro atoms. The Morgan fingerprint density at radius 3 is 2.29 bits per heavy atom. The Balaban J connectivity index is 0.966. The van der Waals surface area contributed by atoms with Gasteiger partial charge in [-0.15, -0.1) is 11.3 Å². The van der Waals surface area contributed by atoms with Crippen molar-refractivity contribution in [2.24, 2.45) is 5.41 Å². The Hall–Kier alpha value is -6.37. The van der Waals surface area contributed by atoms with Crippen LogP contribution in [0, 0.1) is 12.3 Å². The average molecular weight is 948 g/mol. The molecule has 3 saturated heterocycles. The van der Waals surface area contributed by atoms with E-state index in [-0.39, 0.29) is 24.0 Å². The van der Waals surface area contributed by atoms with Crippen LogP contribution >= 0.6 is 11.3 Å². The molecule has 3 aromatic heterocycles. The quantitative estimate of drug-likeness (QED) is 0.0583. The van der Waals surface area contributed by atoms with Gasteiger partial charge in [0.05, 0.1) is 30.2 Å². The third-order valence-electron chi connectivity index (χ3n) is 13.9. The number of anilines is 4. The van der Waals surface area contributed by atoms with Gasteiger partial charge in [-0.3, -0.25) is 19.2 Å². The molecule has 3 amide bonds. The van der Waals surface area contributed by atoms with Crippen molar-refractivity contribution in [3.8, 4) is 5.75 Å². The first-order chi connectivity index (χ1) is 32.8. The number of thiazole rings is 1. The third-order valence-corrected chi connectivity index (χ3v) is 15.0. The molecule has 0 radical (unpaired) electrons. The Bertz CT molecular complexity index is 2570. The van der Waals surface area contributed by atoms with Crippen molar-refractivity contribution in [1.29, 1.82) is 0 Å². The smallest absolute Gasteiger partial charge is 0.291 e. The number of hydrogen-bond acceptors (Lipinski definition) is 15. The maximum absolute atomic E-state index is 14.9. The minimum atomic E-state index is -0.844. The van der Waals surface area contributed by atoms with E-state index < -0.39 is 35.1 Å². The van der Waals surface area contributed by atoms with E-state index >= 15 is 0 Å². The van der Waals surface area contributed by atoms with Crippen LogP contribution in [0.25, 0.3) is 11.0 Å². The predicted molar refractivity (Wildman–Crippen MR) is 263 cm³/mol. The van der Waals surface area contributed by atoms with Crippen LogP contribution in [0.5, 0.6) is 5.75 Å². The Morgan fingerprint density at radius 1 is 0.897 bits per heavy atom. The number of hydrogen-bond donors (Lipinski definition) is 5. The van der Waals surface area contributed by atoms with Crippen LogP contribution in [-0.4, -0.2) is 120 Å². The number of nitrogens with two attached hydrogens (primary N) is 1. The van der Waals surface area contributed by atoms with Crippen molar-refractivity contribution in [3.05, 3.63) is 71.0 Å². The summed E-state index contributed by atoms with van der Waals surface area (Å²) < 4.78 is 7.46. The van der Waals surface area contributed by atoms with Crippen molar-refractivity contribution in [3.63, 3.8) is 0 Å². The number of imidazole rings is 1. The summed E-state index contributed by atoms with van der Waals surface area (Å²) in [5.74, 6) is 0.361. The lowest BCUT2D eigenvalue weighted by Gasteiger charge is -2.41. The number of benzene rings is 2. The van der Waals surface area contributed by atoms with E-state index in [2.05, 4.69) is 35.8 Å². The van der Waals surface area contributed by atoms with E-state index in [0.29, 0.717) is 101 Å². The fourth-order valence-corrected chi connectivity index (χ4v) is 10.6. The van der Waals surface area contributed by atoms with Crippen molar-refractivity contribution in [2.45, 2.75) is 135 Å². The number of carbonyl (C=O) groups excluding carboxylic acids is 4. The van der Waals surface area contributed by atoms with Crippen molar-refractivity contribution < 1.29 is 23.9 Å². The van der Waals surface area contributed by atoms with E-state index in [0.717, 1.165) is 52.2 Å². The molecule has 3 aliphatic rings. The largest absolute Gasteiger partial charge is 0.497 e. The van der Waals surface area contributed by atoms with Gasteiger partial charge in [-0.05, 0) is 101 Å². The van der Waals surface area contributed by atoms with Gasteiger partial charge in [0, 0.05) is 61.0 Å². The van der Waals surface area contributed by atoms with Crippen LogP contribution in [0.3, 0.4) is 0 Å². The van der Waals surface area contributed by atoms with Gasteiger partial charge in [0.2, 0.25) is 35.4 Å². The Morgan fingerprint density at radius 2 is 1.60 bits per heavy atom. The van der Waals surface area contributed by atoms with Gasteiger partial charge in [0.15, 0.2) is 5.13 Å². The van der Waals surface area contributed by atoms with Crippen LogP contribution in [-0.2, 0) is 38.6 Å². The summed E-state index contributed by atoms with van der Waals surface area (Å²) in [6, 6.07) is 13.9. The number of Topliss-reactive ketones (excluding diaryl/α,β-unsaturated/α-hetero) is 1. The second-order valence-electron chi connectivity index (χ2n) is 18.9.